The first-order valence-corrected chi connectivity index (χ1v) is 7.88. The fourth-order valence-corrected chi connectivity index (χ4v) is 3.47. The summed E-state index contributed by atoms with van der Waals surface area (Å²) in [5.74, 6) is 0.286. The highest BCUT2D eigenvalue weighted by atomic mass is 32.2. The third-order valence-corrected chi connectivity index (χ3v) is 4.53. The van der Waals surface area contributed by atoms with Gasteiger partial charge in [-0.15, -0.1) is 11.3 Å². The molecule has 8 heteroatoms. The molecule has 19 heavy (non-hydrogen) atoms. The first-order chi connectivity index (χ1) is 9.09. The van der Waals surface area contributed by atoms with Gasteiger partial charge in [-0.3, -0.25) is 0 Å². The number of carbonyl (C=O) groups is 2. The highest BCUT2D eigenvalue weighted by Gasteiger charge is 2.33. The molecule has 1 saturated heterocycles. The van der Waals surface area contributed by atoms with Gasteiger partial charge in [0.05, 0.1) is 17.7 Å². The van der Waals surface area contributed by atoms with Crippen LogP contribution in [0.15, 0.2) is 10.9 Å². The van der Waals surface area contributed by atoms with Crippen molar-refractivity contribution in [3.8, 4) is 0 Å². The molecular weight excluding hydrogens is 286 g/mol. The number of thioether (sulfide) groups is 1. The predicted molar refractivity (Wildman–Crippen MR) is 74.4 cm³/mol. The van der Waals surface area contributed by atoms with E-state index in [-0.39, 0.29) is 6.03 Å². The molecule has 2 heterocycles. The van der Waals surface area contributed by atoms with Crippen LogP contribution in [0.1, 0.15) is 5.69 Å². The van der Waals surface area contributed by atoms with Crippen molar-refractivity contribution in [3.63, 3.8) is 0 Å². The summed E-state index contributed by atoms with van der Waals surface area (Å²) >= 11 is 3.04. The summed E-state index contributed by atoms with van der Waals surface area (Å²) in [6, 6.07) is -0.982. The van der Waals surface area contributed by atoms with Crippen LogP contribution in [-0.4, -0.2) is 63.0 Å². The number of nitrogens with zero attached hydrogens (tertiary/aromatic N) is 3. The van der Waals surface area contributed by atoms with Crippen molar-refractivity contribution in [1.29, 1.82) is 0 Å². The molecule has 0 bridgehead atoms. The van der Waals surface area contributed by atoms with E-state index in [0.29, 0.717) is 18.8 Å². The zero-order valence-corrected chi connectivity index (χ0v) is 12.1. The Morgan fingerprint density at radius 1 is 1.63 bits per heavy atom. The number of aliphatic carboxylic acids is 1. The van der Waals surface area contributed by atoms with E-state index >= 15 is 0 Å². The van der Waals surface area contributed by atoms with Crippen LogP contribution in [0.4, 0.5) is 4.79 Å². The van der Waals surface area contributed by atoms with Crippen LogP contribution < -0.4 is 0 Å². The second-order valence-electron chi connectivity index (χ2n) is 4.24. The van der Waals surface area contributed by atoms with Gasteiger partial charge in [0.2, 0.25) is 0 Å². The van der Waals surface area contributed by atoms with Crippen molar-refractivity contribution in [1.82, 2.24) is 14.8 Å². The second-order valence-corrected chi connectivity index (χ2v) is 6.11. The Morgan fingerprint density at radius 2 is 2.42 bits per heavy atom. The number of hydrogen-bond acceptors (Lipinski definition) is 5. The highest BCUT2D eigenvalue weighted by molar-refractivity contribution is 7.99. The number of aromatic nitrogens is 1. The van der Waals surface area contributed by atoms with Gasteiger partial charge in [-0.05, 0) is 0 Å². The van der Waals surface area contributed by atoms with Crippen LogP contribution in [-0.2, 0) is 11.3 Å². The minimum Gasteiger partial charge on any atom is -0.480 e. The third kappa shape index (κ3) is 3.38. The number of amides is 2. The second kappa shape index (κ2) is 6.25. The van der Waals surface area contributed by atoms with Crippen LogP contribution in [0.25, 0.3) is 0 Å². The molecule has 1 N–H and O–H groups in total. The third-order valence-electron chi connectivity index (χ3n) is 2.87. The average Bonchev–Trinajstić information content (AvgIpc) is 2.90. The van der Waals surface area contributed by atoms with Gasteiger partial charge in [0.25, 0.3) is 0 Å². The Hall–Kier alpha value is -1.28. The molecule has 1 aliphatic heterocycles. The van der Waals surface area contributed by atoms with E-state index in [1.165, 1.54) is 21.1 Å². The fourth-order valence-electron chi connectivity index (χ4n) is 1.88. The largest absolute Gasteiger partial charge is 0.480 e. The molecule has 0 aromatic carbocycles. The van der Waals surface area contributed by atoms with E-state index in [4.69, 9.17) is 5.11 Å². The molecule has 1 aromatic heterocycles. The lowest BCUT2D eigenvalue weighted by Crippen LogP contribution is -2.53. The molecule has 0 radical (unpaired) electrons. The summed E-state index contributed by atoms with van der Waals surface area (Å²) in [5, 5.41) is 11.0. The van der Waals surface area contributed by atoms with Gasteiger partial charge in [-0.25, -0.2) is 14.6 Å². The van der Waals surface area contributed by atoms with Gasteiger partial charge in [0, 0.05) is 30.5 Å². The molecule has 104 valence electrons. The van der Waals surface area contributed by atoms with Gasteiger partial charge in [0.15, 0.2) is 0 Å². The summed E-state index contributed by atoms with van der Waals surface area (Å²) in [7, 11) is 1.67. The van der Waals surface area contributed by atoms with Gasteiger partial charge in [0.1, 0.15) is 6.04 Å². The molecule has 2 rings (SSSR count). The number of hydrogen-bond donors (Lipinski definition) is 1. The molecule has 1 aromatic rings. The predicted octanol–water partition coefficient (Wildman–Crippen LogP) is 1.20. The molecule has 1 fully saturated rings. The van der Waals surface area contributed by atoms with Crippen molar-refractivity contribution in [2.45, 2.75) is 12.6 Å². The SMILES string of the molecule is CN(Cc1cscn1)C(=O)N1CCSCC1C(=O)O. The van der Waals surface area contributed by atoms with Crippen LogP contribution >= 0.6 is 23.1 Å². The van der Waals surface area contributed by atoms with E-state index in [1.54, 1.807) is 24.3 Å². The van der Waals surface area contributed by atoms with E-state index < -0.39 is 12.0 Å². The summed E-state index contributed by atoms with van der Waals surface area (Å²) in [4.78, 5) is 30.5. The summed E-state index contributed by atoms with van der Waals surface area (Å²) in [6.45, 7) is 0.875. The number of urea groups is 1. The quantitative estimate of drug-likeness (QED) is 0.908. The van der Waals surface area contributed by atoms with Gasteiger partial charge in [-0.1, -0.05) is 0 Å². The molecule has 0 saturated carbocycles. The molecule has 0 aliphatic carbocycles. The molecule has 1 aliphatic rings. The van der Waals surface area contributed by atoms with Crippen LogP contribution in [0, 0.1) is 0 Å². The molecule has 0 spiro atoms. The monoisotopic (exact) mass is 301 g/mol. The number of rotatable bonds is 3. The van der Waals surface area contributed by atoms with E-state index in [1.807, 2.05) is 5.38 Å². The summed E-state index contributed by atoms with van der Waals surface area (Å²) < 4.78 is 0. The lowest BCUT2D eigenvalue weighted by molar-refractivity contribution is -0.141. The maximum atomic E-state index is 12.3. The van der Waals surface area contributed by atoms with Gasteiger partial charge >= 0.3 is 12.0 Å². The van der Waals surface area contributed by atoms with Crippen LogP contribution in [0.3, 0.4) is 0 Å². The first kappa shape index (κ1) is 14.1. The zero-order chi connectivity index (χ0) is 13.8. The topological polar surface area (TPSA) is 73.7 Å². The highest BCUT2D eigenvalue weighted by Crippen LogP contribution is 2.18. The Balaban J connectivity index is 2.02. The van der Waals surface area contributed by atoms with E-state index in [9.17, 15) is 9.59 Å². The van der Waals surface area contributed by atoms with Gasteiger partial charge < -0.3 is 14.9 Å². The smallest absolute Gasteiger partial charge is 0.327 e. The Labute approximate surface area is 119 Å². The maximum absolute atomic E-state index is 12.3. The standard InChI is InChI=1S/C11H15N3O3S2/c1-13(4-8-5-19-7-12-8)11(17)14-2-3-18-6-9(14)10(15)16/h5,7,9H,2-4,6H2,1H3,(H,15,16). The summed E-state index contributed by atoms with van der Waals surface area (Å²) in [5.41, 5.74) is 2.53. The van der Waals surface area contributed by atoms with Crippen molar-refractivity contribution in [2.24, 2.45) is 0 Å². The van der Waals surface area contributed by atoms with Crippen molar-refractivity contribution >= 4 is 35.1 Å². The zero-order valence-electron chi connectivity index (χ0n) is 10.5. The molecule has 1 unspecified atom stereocenters. The summed E-state index contributed by atoms with van der Waals surface area (Å²) in [6.07, 6.45) is 0. The van der Waals surface area contributed by atoms with E-state index in [0.717, 1.165) is 11.4 Å². The van der Waals surface area contributed by atoms with Crippen molar-refractivity contribution in [2.75, 3.05) is 25.1 Å². The lowest BCUT2D eigenvalue weighted by atomic mass is 10.3. The maximum Gasteiger partial charge on any atom is 0.327 e. The Morgan fingerprint density at radius 3 is 3.05 bits per heavy atom. The molecule has 1 atom stereocenters. The van der Waals surface area contributed by atoms with Gasteiger partial charge in [-0.2, -0.15) is 11.8 Å². The molecule has 2 amide bonds. The van der Waals surface area contributed by atoms with E-state index in [2.05, 4.69) is 4.98 Å². The lowest BCUT2D eigenvalue weighted by Gasteiger charge is -2.35. The minimum atomic E-state index is -0.942. The fraction of sp³-hybridized carbons (Fsp3) is 0.545. The number of thiazole rings is 1. The Kier molecular flexibility index (Phi) is 4.65. The minimum absolute atomic E-state index is 0.249. The van der Waals surface area contributed by atoms with Crippen LogP contribution in [0.5, 0.6) is 0 Å². The molecule has 6 nitrogen and oxygen atoms in total. The normalized spacial score (nSPS) is 19.2. The van der Waals surface area contributed by atoms with Crippen LogP contribution in [0.2, 0.25) is 0 Å². The first-order valence-electron chi connectivity index (χ1n) is 5.79. The van der Waals surface area contributed by atoms with Crippen molar-refractivity contribution < 1.29 is 14.7 Å². The Bertz CT molecular complexity index is 452. The average molecular weight is 301 g/mol. The number of carbonyl (C=O) groups excluding carboxylic acids is 1. The molecular formula is C11H15N3O3S2. The van der Waals surface area contributed by atoms with Crippen molar-refractivity contribution in [3.05, 3.63) is 16.6 Å². The number of carboxylic acids is 1. The number of carboxylic acid groups (broad SMARTS) is 1.